The fourth-order valence-corrected chi connectivity index (χ4v) is 2.12. The van der Waals surface area contributed by atoms with Crippen LogP contribution >= 0.6 is 15.9 Å². The highest BCUT2D eigenvalue weighted by atomic mass is 79.9. The Hall–Kier alpha value is -1.88. The number of rotatable bonds is 3. The molecule has 1 aromatic heterocycles. The first kappa shape index (κ1) is 14.5. The molecule has 0 aliphatic heterocycles. The summed E-state index contributed by atoms with van der Waals surface area (Å²) in [5, 5.41) is 4.08. The molecule has 0 unspecified atom stereocenters. The molecule has 1 amide bonds. The van der Waals surface area contributed by atoms with Gasteiger partial charge < -0.3 is 4.42 Å². The number of nitrogens with one attached hydrogen (secondary N) is 1. The van der Waals surface area contributed by atoms with Gasteiger partial charge in [-0.05, 0) is 56.7 Å². The van der Waals surface area contributed by atoms with Gasteiger partial charge in [-0.15, -0.1) is 0 Å². The van der Waals surface area contributed by atoms with Gasteiger partial charge in [-0.2, -0.15) is 5.10 Å². The third-order valence-electron chi connectivity index (χ3n) is 2.80. The van der Waals surface area contributed by atoms with Crippen molar-refractivity contribution in [3.8, 4) is 0 Å². The van der Waals surface area contributed by atoms with Gasteiger partial charge in [0, 0.05) is 10.0 Å². The largest absolute Gasteiger partial charge is 0.460 e. The molecule has 1 heterocycles. The van der Waals surface area contributed by atoms with Crippen LogP contribution < -0.4 is 5.43 Å². The second-order valence-electron chi connectivity index (χ2n) is 4.51. The van der Waals surface area contributed by atoms with Crippen molar-refractivity contribution in [2.45, 2.75) is 20.8 Å². The Kier molecular flexibility index (Phi) is 4.39. The van der Waals surface area contributed by atoms with E-state index in [0.717, 1.165) is 15.8 Å². The van der Waals surface area contributed by atoms with Crippen LogP contribution in [0.1, 0.15) is 34.4 Å². The molecule has 5 heteroatoms. The molecule has 0 saturated carbocycles. The smallest absolute Gasteiger partial charge is 0.271 e. The van der Waals surface area contributed by atoms with Crippen molar-refractivity contribution in [1.29, 1.82) is 0 Å². The number of nitrogens with zero attached hydrogens (tertiary/aromatic N) is 1. The third kappa shape index (κ3) is 3.36. The predicted molar refractivity (Wildman–Crippen MR) is 82.0 cm³/mol. The molecule has 2 aromatic rings. The summed E-state index contributed by atoms with van der Waals surface area (Å²) in [6.07, 6.45) is 0. The Labute approximate surface area is 126 Å². The molecule has 0 aliphatic rings. The first-order valence-corrected chi connectivity index (χ1v) is 6.94. The van der Waals surface area contributed by atoms with Crippen LogP contribution in [0.4, 0.5) is 0 Å². The SMILES string of the molecule is CC(=NNC(=O)c1ccc(Br)cc1)c1oc(C)cc1C. The van der Waals surface area contributed by atoms with Crippen LogP contribution in [-0.4, -0.2) is 11.6 Å². The molecule has 1 aromatic carbocycles. The van der Waals surface area contributed by atoms with Gasteiger partial charge in [0.05, 0.1) is 0 Å². The summed E-state index contributed by atoms with van der Waals surface area (Å²) in [5.74, 6) is 1.27. The molecule has 4 nitrogen and oxygen atoms in total. The lowest BCUT2D eigenvalue weighted by Crippen LogP contribution is -2.19. The Balaban J connectivity index is 2.10. The highest BCUT2D eigenvalue weighted by Crippen LogP contribution is 2.14. The number of aryl methyl sites for hydroxylation is 2. The maximum Gasteiger partial charge on any atom is 0.271 e. The van der Waals surface area contributed by atoms with Crippen LogP contribution in [-0.2, 0) is 0 Å². The van der Waals surface area contributed by atoms with Gasteiger partial charge >= 0.3 is 0 Å². The second kappa shape index (κ2) is 6.05. The summed E-state index contributed by atoms with van der Waals surface area (Å²) in [6, 6.07) is 9.01. The van der Waals surface area contributed by atoms with Gasteiger partial charge in [-0.3, -0.25) is 4.79 Å². The Morgan fingerprint density at radius 1 is 1.25 bits per heavy atom. The Morgan fingerprint density at radius 3 is 2.45 bits per heavy atom. The first-order valence-electron chi connectivity index (χ1n) is 6.15. The molecule has 0 bridgehead atoms. The molecule has 104 valence electrons. The Bertz CT molecular complexity index is 657. The third-order valence-corrected chi connectivity index (χ3v) is 3.33. The van der Waals surface area contributed by atoms with Crippen molar-refractivity contribution in [1.82, 2.24) is 5.43 Å². The number of hydrogen-bond donors (Lipinski definition) is 1. The molecule has 0 radical (unpaired) electrons. The van der Waals surface area contributed by atoms with E-state index in [9.17, 15) is 4.79 Å². The number of amides is 1. The Morgan fingerprint density at radius 2 is 1.90 bits per heavy atom. The number of halogens is 1. The number of hydrogen-bond acceptors (Lipinski definition) is 3. The van der Waals surface area contributed by atoms with E-state index in [1.165, 1.54) is 0 Å². The van der Waals surface area contributed by atoms with Gasteiger partial charge in [0.15, 0.2) is 5.76 Å². The normalized spacial score (nSPS) is 11.5. The fraction of sp³-hybridized carbons (Fsp3) is 0.200. The predicted octanol–water partition coefficient (Wildman–Crippen LogP) is 3.81. The molecule has 20 heavy (non-hydrogen) atoms. The van der Waals surface area contributed by atoms with Crippen molar-refractivity contribution in [2.75, 3.05) is 0 Å². The maximum atomic E-state index is 11.9. The summed E-state index contributed by atoms with van der Waals surface area (Å²) in [6.45, 7) is 5.62. The van der Waals surface area contributed by atoms with Gasteiger partial charge in [-0.1, -0.05) is 15.9 Å². The number of furan rings is 1. The van der Waals surface area contributed by atoms with Gasteiger partial charge in [0.1, 0.15) is 11.5 Å². The summed E-state index contributed by atoms with van der Waals surface area (Å²) in [5.41, 5.74) is 4.72. The number of carbonyl (C=O) groups excluding carboxylic acids is 1. The molecule has 0 spiro atoms. The van der Waals surface area contributed by atoms with E-state index >= 15 is 0 Å². The van der Waals surface area contributed by atoms with Crippen LogP contribution in [0, 0.1) is 13.8 Å². The van der Waals surface area contributed by atoms with E-state index in [1.807, 2.05) is 32.0 Å². The molecule has 0 fully saturated rings. The zero-order valence-electron chi connectivity index (χ0n) is 11.5. The van der Waals surface area contributed by atoms with E-state index in [1.54, 1.807) is 19.1 Å². The highest BCUT2D eigenvalue weighted by Gasteiger charge is 2.09. The lowest BCUT2D eigenvalue weighted by molar-refractivity contribution is 0.0955. The lowest BCUT2D eigenvalue weighted by Gasteiger charge is -2.02. The van der Waals surface area contributed by atoms with Crippen molar-refractivity contribution in [3.63, 3.8) is 0 Å². The minimum Gasteiger partial charge on any atom is -0.460 e. The van der Waals surface area contributed by atoms with E-state index in [4.69, 9.17) is 4.42 Å². The topological polar surface area (TPSA) is 54.6 Å². The molecule has 2 rings (SSSR count). The number of benzene rings is 1. The molecule has 0 saturated heterocycles. The standard InChI is InChI=1S/C15H15BrN2O2/c1-9-8-10(2)20-14(9)11(3)17-18-15(19)12-4-6-13(16)7-5-12/h4-8H,1-3H3,(H,18,19). The molecule has 1 N–H and O–H groups in total. The molecular weight excluding hydrogens is 320 g/mol. The summed E-state index contributed by atoms with van der Waals surface area (Å²) in [4.78, 5) is 11.9. The van der Waals surface area contributed by atoms with Crippen LogP contribution in [0.2, 0.25) is 0 Å². The van der Waals surface area contributed by atoms with Crippen molar-refractivity contribution in [3.05, 3.63) is 57.5 Å². The van der Waals surface area contributed by atoms with E-state index in [0.29, 0.717) is 17.0 Å². The van der Waals surface area contributed by atoms with Crippen molar-refractivity contribution < 1.29 is 9.21 Å². The fourth-order valence-electron chi connectivity index (χ4n) is 1.85. The van der Waals surface area contributed by atoms with Crippen LogP contribution in [0.15, 0.2) is 44.3 Å². The summed E-state index contributed by atoms with van der Waals surface area (Å²) in [7, 11) is 0. The average Bonchev–Trinajstić information content (AvgIpc) is 2.75. The van der Waals surface area contributed by atoms with Crippen LogP contribution in [0.3, 0.4) is 0 Å². The van der Waals surface area contributed by atoms with E-state index in [-0.39, 0.29) is 5.91 Å². The number of hydrazone groups is 1. The van der Waals surface area contributed by atoms with Crippen molar-refractivity contribution in [2.24, 2.45) is 5.10 Å². The maximum absolute atomic E-state index is 11.9. The van der Waals surface area contributed by atoms with E-state index in [2.05, 4.69) is 26.5 Å². The quantitative estimate of drug-likeness (QED) is 0.685. The zero-order valence-corrected chi connectivity index (χ0v) is 13.1. The molecule has 0 aliphatic carbocycles. The second-order valence-corrected chi connectivity index (χ2v) is 5.43. The zero-order chi connectivity index (χ0) is 14.7. The minimum atomic E-state index is -0.252. The number of carbonyl (C=O) groups is 1. The van der Waals surface area contributed by atoms with Crippen molar-refractivity contribution >= 4 is 27.5 Å². The van der Waals surface area contributed by atoms with Gasteiger partial charge in [0.2, 0.25) is 0 Å². The highest BCUT2D eigenvalue weighted by molar-refractivity contribution is 9.10. The minimum absolute atomic E-state index is 0.252. The van der Waals surface area contributed by atoms with E-state index < -0.39 is 0 Å². The summed E-state index contributed by atoms with van der Waals surface area (Å²) >= 11 is 3.33. The van der Waals surface area contributed by atoms with Crippen LogP contribution in [0.5, 0.6) is 0 Å². The first-order chi connectivity index (χ1) is 9.47. The van der Waals surface area contributed by atoms with Gasteiger partial charge in [-0.25, -0.2) is 5.43 Å². The summed E-state index contributed by atoms with van der Waals surface area (Å²) < 4.78 is 6.47. The monoisotopic (exact) mass is 334 g/mol. The van der Waals surface area contributed by atoms with Crippen LogP contribution in [0.25, 0.3) is 0 Å². The lowest BCUT2D eigenvalue weighted by atomic mass is 10.2. The van der Waals surface area contributed by atoms with Gasteiger partial charge in [0.25, 0.3) is 5.91 Å². The molecule has 0 atom stereocenters. The average molecular weight is 335 g/mol. The molecular formula is C15H15BrN2O2.